The van der Waals surface area contributed by atoms with E-state index in [1.165, 1.54) is 62.5 Å². The van der Waals surface area contributed by atoms with Crippen molar-refractivity contribution in [1.29, 1.82) is 0 Å². The quantitative estimate of drug-likeness (QED) is 0.392. The maximum Gasteiger partial charge on any atom is 0.0782 e. The van der Waals surface area contributed by atoms with Gasteiger partial charge in [0.1, 0.15) is 0 Å². The van der Waals surface area contributed by atoms with Gasteiger partial charge in [0.05, 0.1) is 27.2 Å². The van der Waals surface area contributed by atoms with Crippen molar-refractivity contribution in [3.05, 3.63) is 0 Å². The second-order valence-corrected chi connectivity index (χ2v) is 5.10. The molecule has 0 aromatic rings. The van der Waals surface area contributed by atoms with Crippen molar-refractivity contribution in [2.24, 2.45) is 0 Å². The van der Waals surface area contributed by atoms with Crippen LogP contribution in [0.2, 0.25) is 0 Å². The minimum Gasteiger partial charge on any atom is -0.329 e. The molecule has 0 amide bonds. The molecule has 0 aliphatic rings. The molecule has 0 atom stereocenters. The molecule has 0 aliphatic carbocycles. The van der Waals surface area contributed by atoms with Gasteiger partial charge in [-0.3, -0.25) is 0 Å². The van der Waals surface area contributed by atoms with Crippen LogP contribution in [-0.4, -0.2) is 31.7 Å². The lowest BCUT2D eigenvalue weighted by Gasteiger charge is -2.28. The zero-order valence-electron chi connectivity index (χ0n) is 10.8. The van der Waals surface area contributed by atoms with Gasteiger partial charge in [-0.25, -0.2) is 0 Å². The van der Waals surface area contributed by atoms with E-state index in [1.54, 1.807) is 0 Å². The van der Waals surface area contributed by atoms with E-state index < -0.39 is 0 Å². The first-order valence-corrected chi connectivity index (χ1v) is 6.44. The lowest BCUT2D eigenvalue weighted by Crippen LogP contribution is -2.39. The monoisotopic (exact) mass is 200 g/mol. The van der Waals surface area contributed by atoms with Crippen LogP contribution in [0.4, 0.5) is 0 Å². The predicted molar refractivity (Wildman–Crippen MR) is 65.5 cm³/mol. The first-order chi connectivity index (χ1) is 6.62. The van der Waals surface area contributed by atoms with Crippen LogP contribution in [0.1, 0.15) is 58.8 Å². The van der Waals surface area contributed by atoms with E-state index in [2.05, 4.69) is 27.9 Å². The lowest BCUT2D eigenvalue weighted by atomic mass is 10.1. The Hall–Kier alpha value is -0.0400. The number of nitrogens with zero attached hydrogens (tertiary/aromatic N) is 1. The first kappa shape index (κ1) is 14.0. The summed E-state index contributed by atoms with van der Waals surface area (Å²) in [5.41, 5.74) is 0. The van der Waals surface area contributed by atoms with Crippen LogP contribution in [-0.2, 0) is 0 Å². The van der Waals surface area contributed by atoms with Gasteiger partial charge in [-0.2, -0.15) is 0 Å². The number of unbranched alkanes of at least 4 members (excludes halogenated alkanes) is 6. The highest BCUT2D eigenvalue weighted by Gasteiger charge is 2.09. The maximum absolute atomic E-state index is 2.33. The highest BCUT2D eigenvalue weighted by Crippen LogP contribution is 2.08. The summed E-state index contributed by atoms with van der Waals surface area (Å²) in [4.78, 5) is 0. The number of hydrogen-bond donors (Lipinski definition) is 0. The van der Waals surface area contributed by atoms with Crippen molar-refractivity contribution in [3.8, 4) is 0 Å². The molecule has 0 N–H and O–H groups in total. The normalized spacial score (nSPS) is 12.0. The van der Waals surface area contributed by atoms with Crippen LogP contribution in [0, 0.1) is 0 Å². The van der Waals surface area contributed by atoms with Gasteiger partial charge in [0, 0.05) is 0 Å². The van der Waals surface area contributed by atoms with Gasteiger partial charge in [0.15, 0.2) is 0 Å². The molecule has 1 heteroatoms. The zero-order valence-corrected chi connectivity index (χ0v) is 10.8. The molecular weight excluding hydrogens is 170 g/mol. The van der Waals surface area contributed by atoms with E-state index in [4.69, 9.17) is 0 Å². The molecule has 86 valence electrons. The Morgan fingerprint density at radius 1 is 0.714 bits per heavy atom. The molecule has 0 heterocycles. The summed E-state index contributed by atoms with van der Waals surface area (Å²) in [7, 11) is 4.66. The van der Waals surface area contributed by atoms with E-state index in [1.807, 2.05) is 0 Å². The fraction of sp³-hybridized carbons (Fsp3) is 1.00. The molecule has 1 nitrogen and oxygen atoms in total. The van der Waals surface area contributed by atoms with Crippen molar-refractivity contribution >= 4 is 0 Å². The van der Waals surface area contributed by atoms with Crippen LogP contribution in [0.3, 0.4) is 0 Å². The Balaban J connectivity index is 3.13. The van der Waals surface area contributed by atoms with E-state index >= 15 is 0 Å². The summed E-state index contributed by atoms with van der Waals surface area (Å²) in [5.74, 6) is 0. The third-order valence-corrected chi connectivity index (χ3v) is 3.22. The van der Waals surface area contributed by atoms with Crippen molar-refractivity contribution in [2.75, 3.05) is 27.2 Å². The summed E-state index contributed by atoms with van der Waals surface area (Å²) in [6, 6.07) is 0. The van der Waals surface area contributed by atoms with Crippen LogP contribution in [0.15, 0.2) is 0 Å². The lowest BCUT2D eigenvalue weighted by molar-refractivity contribution is -0.888. The van der Waals surface area contributed by atoms with Crippen molar-refractivity contribution in [3.63, 3.8) is 0 Å². The molecule has 0 radical (unpaired) electrons. The van der Waals surface area contributed by atoms with Crippen LogP contribution < -0.4 is 0 Å². The molecular formula is C13H30N+. The van der Waals surface area contributed by atoms with E-state index in [0.29, 0.717) is 0 Å². The highest BCUT2D eigenvalue weighted by atomic mass is 15.3. The van der Waals surface area contributed by atoms with E-state index in [0.717, 1.165) is 0 Å². The summed E-state index contributed by atoms with van der Waals surface area (Å²) in [5, 5.41) is 0. The molecule has 0 saturated carbocycles. The van der Waals surface area contributed by atoms with E-state index in [9.17, 15) is 0 Å². The van der Waals surface area contributed by atoms with Gasteiger partial charge in [-0.1, -0.05) is 39.0 Å². The third kappa shape index (κ3) is 8.55. The zero-order chi connectivity index (χ0) is 10.9. The van der Waals surface area contributed by atoms with Crippen LogP contribution in [0.25, 0.3) is 0 Å². The Kier molecular flexibility index (Phi) is 8.26. The largest absolute Gasteiger partial charge is 0.329 e. The first-order valence-electron chi connectivity index (χ1n) is 6.44. The second kappa shape index (κ2) is 8.28. The second-order valence-electron chi connectivity index (χ2n) is 5.10. The molecule has 0 aromatic carbocycles. The molecule has 0 unspecified atom stereocenters. The van der Waals surface area contributed by atoms with Crippen LogP contribution in [0.5, 0.6) is 0 Å². The minimum absolute atomic E-state index is 1.19. The van der Waals surface area contributed by atoms with Gasteiger partial charge in [-0.15, -0.1) is 0 Å². The number of hydrogen-bond acceptors (Lipinski definition) is 0. The molecule has 0 saturated heterocycles. The Morgan fingerprint density at radius 2 is 1.21 bits per heavy atom. The van der Waals surface area contributed by atoms with Gasteiger partial charge in [-0.05, 0) is 19.8 Å². The van der Waals surface area contributed by atoms with Crippen molar-refractivity contribution in [2.45, 2.75) is 58.8 Å². The smallest absolute Gasteiger partial charge is 0.0782 e. The standard InChI is InChI=1S/C13H30N/c1-5-7-8-9-10-11-12-13-14(3,4)6-2/h5-13H2,1-4H3/q+1. The number of rotatable bonds is 9. The SMILES string of the molecule is CCCCCCCCC[N+](C)(C)CC. The van der Waals surface area contributed by atoms with Crippen molar-refractivity contribution < 1.29 is 4.48 Å². The van der Waals surface area contributed by atoms with Gasteiger partial charge < -0.3 is 4.48 Å². The Bertz CT molecular complexity index is 118. The fourth-order valence-electron chi connectivity index (χ4n) is 1.66. The summed E-state index contributed by atoms with van der Waals surface area (Å²) in [6.07, 6.45) is 9.98. The minimum atomic E-state index is 1.19. The Morgan fingerprint density at radius 3 is 1.71 bits per heavy atom. The summed E-state index contributed by atoms with van der Waals surface area (Å²) in [6.45, 7) is 7.17. The summed E-state index contributed by atoms with van der Waals surface area (Å²) >= 11 is 0. The predicted octanol–water partition coefficient (Wildman–Crippen LogP) is 3.83. The maximum atomic E-state index is 2.33. The molecule has 0 spiro atoms. The van der Waals surface area contributed by atoms with Crippen LogP contribution >= 0.6 is 0 Å². The topological polar surface area (TPSA) is 0 Å². The molecule has 14 heavy (non-hydrogen) atoms. The molecule has 0 rings (SSSR count). The number of quaternary nitrogens is 1. The summed E-state index contributed by atoms with van der Waals surface area (Å²) < 4.78 is 1.19. The van der Waals surface area contributed by atoms with Crippen molar-refractivity contribution in [1.82, 2.24) is 0 Å². The van der Waals surface area contributed by atoms with Gasteiger partial charge in [0.25, 0.3) is 0 Å². The van der Waals surface area contributed by atoms with Gasteiger partial charge in [0.2, 0.25) is 0 Å². The third-order valence-electron chi connectivity index (χ3n) is 3.22. The average Bonchev–Trinajstić information content (AvgIpc) is 2.16. The molecule has 0 bridgehead atoms. The van der Waals surface area contributed by atoms with E-state index in [-0.39, 0.29) is 0 Å². The highest BCUT2D eigenvalue weighted by molar-refractivity contribution is 4.44. The van der Waals surface area contributed by atoms with Gasteiger partial charge >= 0.3 is 0 Å². The Labute approximate surface area is 91.1 Å². The fourth-order valence-corrected chi connectivity index (χ4v) is 1.66. The molecule has 0 fully saturated rings. The molecule has 0 aromatic heterocycles. The molecule has 0 aliphatic heterocycles. The average molecular weight is 200 g/mol.